The van der Waals surface area contributed by atoms with Crippen LogP contribution in [-0.4, -0.2) is 36.1 Å². The highest BCUT2D eigenvalue weighted by molar-refractivity contribution is 6.03. The molecule has 1 aliphatic rings. The van der Waals surface area contributed by atoms with Gasteiger partial charge in [-0.3, -0.25) is 9.79 Å². The second-order valence-corrected chi connectivity index (χ2v) is 10.0. The zero-order chi connectivity index (χ0) is 29.0. The van der Waals surface area contributed by atoms with Crippen LogP contribution in [0.5, 0.6) is 5.75 Å². The van der Waals surface area contributed by atoms with Crippen LogP contribution in [0.15, 0.2) is 83.9 Å². The minimum absolute atomic E-state index is 0.151. The number of aliphatic imine (C=N–C) groups is 1. The van der Waals surface area contributed by atoms with E-state index in [1.165, 1.54) is 12.8 Å². The van der Waals surface area contributed by atoms with Crippen molar-refractivity contribution >= 4 is 18.3 Å². The molecule has 0 bridgehead atoms. The lowest BCUT2D eigenvalue weighted by molar-refractivity contribution is -0.141. The predicted octanol–water partition coefficient (Wildman–Crippen LogP) is 6.44. The van der Waals surface area contributed by atoms with Gasteiger partial charge in [-0.2, -0.15) is 18.3 Å². The Labute approximate surface area is 236 Å². The third-order valence-electron chi connectivity index (χ3n) is 6.92. The van der Waals surface area contributed by atoms with E-state index < -0.39 is 17.8 Å². The molecule has 1 saturated carbocycles. The molecule has 0 saturated heterocycles. The molecule has 10 heteroatoms. The molecule has 1 aromatic heterocycles. The summed E-state index contributed by atoms with van der Waals surface area (Å²) in [6.07, 6.45) is -2.34. The molecule has 7 nitrogen and oxygen atoms in total. The maximum atomic E-state index is 13.6. The summed E-state index contributed by atoms with van der Waals surface area (Å²) in [7, 11) is 1.61. The molecule has 1 unspecified atom stereocenters. The number of anilines is 1. The van der Waals surface area contributed by atoms with E-state index >= 15 is 0 Å². The highest BCUT2D eigenvalue weighted by atomic mass is 19.4. The van der Waals surface area contributed by atoms with Crippen molar-refractivity contribution in [2.75, 3.05) is 19.0 Å². The molecule has 212 valence electrons. The quantitative estimate of drug-likeness (QED) is 0.207. The topological polar surface area (TPSA) is 80.5 Å². The molecule has 2 N–H and O–H groups in total. The number of methoxy groups -OCH3 is 1. The van der Waals surface area contributed by atoms with Crippen LogP contribution in [-0.2, 0) is 12.7 Å². The molecule has 1 aliphatic carbocycles. The number of hydrogen-bond donors (Lipinski definition) is 2. The average molecular weight is 562 g/mol. The highest BCUT2D eigenvalue weighted by Crippen LogP contribution is 2.32. The van der Waals surface area contributed by atoms with Crippen molar-refractivity contribution in [3.63, 3.8) is 0 Å². The van der Waals surface area contributed by atoms with E-state index in [2.05, 4.69) is 27.4 Å². The summed E-state index contributed by atoms with van der Waals surface area (Å²) in [6.45, 7) is 4.59. The third kappa shape index (κ3) is 6.83. The summed E-state index contributed by atoms with van der Waals surface area (Å²) in [5.74, 6) is 0.670. The first-order valence-corrected chi connectivity index (χ1v) is 13.2. The molecule has 0 radical (unpaired) electrons. The van der Waals surface area contributed by atoms with E-state index in [0.717, 1.165) is 39.7 Å². The Hall–Kier alpha value is -4.44. The number of aromatic nitrogens is 2. The van der Waals surface area contributed by atoms with E-state index in [1.807, 2.05) is 42.5 Å². The van der Waals surface area contributed by atoms with Gasteiger partial charge in [0.1, 0.15) is 11.4 Å². The van der Waals surface area contributed by atoms with Gasteiger partial charge in [0.2, 0.25) is 0 Å². The molecule has 0 spiro atoms. The van der Waals surface area contributed by atoms with Crippen LogP contribution in [0.4, 0.5) is 18.9 Å². The van der Waals surface area contributed by atoms with Crippen LogP contribution in [0.1, 0.15) is 51.8 Å². The molecule has 5 rings (SSSR count). The normalized spacial score (nSPS) is 14.0. The van der Waals surface area contributed by atoms with Crippen molar-refractivity contribution in [1.29, 1.82) is 0 Å². The van der Waals surface area contributed by atoms with Crippen molar-refractivity contribution in [2.45, 2.75) is 31.6 Å². The maximum Gasteiger partial charge on any atom is 0.435 e. The van der Waals surface area contributed by atoms with Gasteiger partial charge in [0, 0.05) is 11.8 Å². The fourth-order valence-electron chi connectivity index (χ4n) is 4.62. The van der Waals surface area contributed by atoms with Crippen molar-refractivity contribution in [3.8, 4) is 11.4 Å². The molecule has 41 heavy (non-hydrogen) atoms. The molecule has 1 heterocycles. The Balaban J connectivity index is 1.44. The highest BCUT2D eigenvalue weighted by Gasteiger charge is 2.36. The Morgan fingerprint density at radius 3 is 2.51 bits per heavy atom. The van der Waals surface area contributed by atoms with E-state index in [0.29, 0.717) is 17.3 Å². The van der Waals surface area contributed by atoms with Crippen LogP contribution in [0.3, 0.4) is 0 Å². The fraction of sp³-hybridized carbons (Fsp3) is 0.258. The minimum atomic E-state index is -4.72. The molecular weight excluding hydrogens is 531 g/mol. The molecule has 4 aromatic rings. The zero-order valence-corrected chi connectivity index (χ0v) is 22.5. The van der Waals surface area contributed by atoms with Crippen LogP contribution in [0.2, 0.25) is 0 Å². The van der Waals surface area contributed by atoms with Gasteiger partial charge in [0.15, 0.2) is 5.69 Å². The summed E-state index contributed by atoms with van der Waals surface area (Å²) < 4.78 is 47.2. The Morgan fingerprint density at radius 1 is 1.07 bits per heavy atom. The van der Waals surface area contributed by atoms with Gasteiger partial charge in [0.25, 0.3) is 5.91 Å². The minimum Gasteiger partial charge on any atom is -0.497 e. The lowest BCUT2D eigenvalue weighted by Gasteiger charge is -2.21. The van der Waals surface area contributed by atoms with Crippen molar-refractivity contribution in [2.24, 2.45) is 10.9 Å². The van der Waals surface area contributed by atoms with Gasteiger partial charge in [-0.25, -0.2) is 4.68 Å². The first-order chi connectivity index (χ1) is 19.7. The van der Waals surface area contributed by atoms with Crippen molar-refractivity contribution < 1.29 is 22.7 Å². The summed E-state index contributed by atoms with van der Waals surface area (Å²) in [6, 6.07) is 22.3. The number of carbonyl (C=O) groups is 1. The summed E-state index contributed by atoms with van der Waals surface area (Å²) >= 11 is 0. The summed E-state index contributed by atoms with van der Waals surface area (Å²) in [5.41, 5.74) is 2.01. The number of amides is 1. The number of rotatable bonds is 11. The van der Waals surface area contributed by atoms with Gasteiger partial charge in [-0.1, -0.05) is 36.4 Å². The number of nitrogens with one attached hydrogen (secondary N) is 2. The van der Waals surface area contributed by atoms with Crippen LogP contribution in [0.25, 0.3) is 5.69 Å². The number of benzene rings is 3. The number of alkyl halides is 3. The monoisotopic (exact) mass is 561 g/mol. The van der Waals surface area contributed by atoms with Gasteiger partial charge in [-0.15, -0.1) is 0 Å². The molecule has 1 atom stereocenters. The van der Waals surface area contributed by atoms with Crippen LogP contribution < -0.4 is 15.4 Å². The van der Waals surface area contributed by atoms with E-state index in [-0.39, 0.29) is 18.3 Å². The molecule has 1 fully saturated rings. The first-order valence-electron chi connectivity index (χ1n) is 13.2. The Kier molecular flexibility index (Phi) is 8.21. The van der Waals surface area contributed by atoms with E-state index in [4.69, 9.17) is 4.74 Å². The molecular formula is C31H30F3N5O2. The van der Waals surface area contributed by atoms with E-state index in [1.54, 1.807) is 37.4 Å². The fourth-order valence-corrected chi connectivity index (χ4v) is 4.62. The first kappa shape index (κ1) is 28.1. The standard InChI is InChI=1S/C31H30F3N5O2/c1-35-18-21-5-3-8-25(15-21)39-27(17-28(38-39)31(32,33)34)30(40)37-24-7-4-6-23(16-24)29(36-19-20-9-10-20)22-11-13-26(41-2)14-12-22/h3-8,11-17,20,29,36H,1,9-10,18-19H2,2H3,(H,37,40). The second-order valence-electron chi connectivity index (χ2n) is 10.0. The summed E-state index contributed by atoms with van der Waals surface area (Å²) in [4.78, 5) is 17.2. The molecule has 0 aliphatic heterocycles. The maximum absolute atomic E-state index is 13.6. The van der Waals surface area contributed by atoms with Crippen LogP contribution >= 0.6 is 0 Å². The number of carbonyl (C=O) groups excluding carboxylic acids is 1. The third-order valence-corrected chi connectivity index (χ3v) is 6.92. The van der Waals surface area contributed by atoms with Gasteiger partial charge in [-0.05, 0) is 85.1 Å². The van der Waals surface area contributed by atoms with Crippen LogP contribution in [0, 0.1) is 5.92 Å². The molecule has 1 amide bonds. The average Bonchev–Trinajstić information content (AvgIpc) is 3.67. The number of hydrogen-bond acceptors (Lipinski definition) is 5. The molecule has 3 aromatic carbocycles. The van der Waals surface area contributed by atoms with Gasteiger partial charge in [0.05, 0.1) is 25.4 Å². The number of nitrogens with zero attached hydrogens (tertiary/aromatic N) is 3. The van der Waals surface area contributed by atoms with E-state index in [9.17, 15) is 18.0 Å². The Morgan fingerprint density at radius 2 is 1.83 bits per heavy atom. The summed E-state index contributed by atoms with van der Waals surface area (Å²) in [5, 5.41) is 10.1. The lowest BCUT2D eigenvalue weighted by Crippen LogP contribution is -2.25. The smallest absolute Gasteiger partial charge is 0.435 e. The van der Waals surface area contributed by atoms with Gasteiger partial charge >= 0.3 is 6.18 Å². The van der Waals surface area contributed by atoms with Crippen molar-refractivity contribution in [3.05, 3.63) is 107 Å². The van der Waals surface area contributed by atoms with Crippen molar-refractivity contribution in [1.82, 2.24) is 15.1 Å². The largest absolute Gasteiger partial charge is 0.497 e. The Bertz CT molecular complexity index is 1530. The number of ether oxygens (including phenoxy) is 1. The predicted molar refractivity (Wildman–Crippen MR) is 152 cm³/mol. The van der Waals surface area contributed by atoms with Gasteiger partial charge < -0.3 is 15.4 Å². The zero-order valence-electron chi connectivity index (χ0n) is 22.5. The SMILES string of the molecule is C=NCc1cccc(-n2nc(C(F)(F)F)cc2C(=O)Nc2cccc(C(NCC3CC3)c3ccc(OC)cc3)c2)c1. The lowest BCUT2D eigenvalue weighted by atomic mass is 9.97. The second kappa shape index (κ2) is 12.0. The number of halogens is 3.